The minimum atomic E-state index is -0.608. The van der Waals surface area contributed by atoms with Gasteiger partial charge in [-0.1, -0.05) is 30.3 Å². The molecule has 1 aromatic heterocycles. The lowest BCUT2D eigenvalue weighted by atomic mass is 10.2. The zero-order valence-corrected chi connectivity index (χ0v) is 19.5. The van der Waals surface area contributed by atoms with Gasteiger partial charge in [0.1, 0.15) is 17.6 Å². The summed E-state index contributed by atoms with van der Waals surface area (Å²) < 4.78 is 24.8. The molecule has 0 spiro atoms. The molecule has 8 heteroatoms. The van der Waals surface area contributed by atoms with Crippen LogP contribution in [0.25, 0.3) is 0 Å². The van der Waals surface area contributed by atoms with Gasteiger partial charge in [0.2, 0.25) is 0 Å². The summed E-state index contributed by atoms with van der Waals surface area (Å²) in [6.45, 7) is 2.64. The molecule has 2 heterocycles. The molecule has 1 aliphatic rings. The summed E-state index contributed by atoms with van der Waals surface area (Å²) in [5.41, 5.74) is 1.56. The van der Waals surface area contributed by atoms with Gasteiger partial charge >= 0.3 is 5.69 Å². The maximum Gasteiger partial charge on any atom is 0.333 e. The zero-order valence-electron chi connectivity index (χ0n) is 19.5. The van der Waals surface area contributed by atoms with Crippen LogP contribution in [0.4, 0.5) is 0 Å². The van der Waals surface area contributed by atoms with Crippen molar-refractivity contribution < 1.29 is 18.9 Å². The van der Waals surface area contributed by atoms with Crippen LogP contribution in [0, 0.1) is 6.92 Å². The topological polar surface area (TPSA) is 80.9 Å². The first-order valence-corrected chi connectivity index (χ1v) is 11.0. The first-order valence-electron chi connectivity index (χ1n) is 11.0. The maximum absolute atomic E-state index is 13.2. The molecule has 178 valence electrons. The molecule has 34 heavy (non-hydrogen) atoms. The van der Waals surface area contributed by atoms with Crippen LogP contribution < -0.4 is 20.7 Å². The Morgan fingerprint density at radius 3 is 2.12 bits per heavy atom. The number of hydrogen-bond acceptors (Lipinski definition) is 6. The van der Waals surface area contributed by atoms with Crippen LogP contribution in [-0.2, 0) is 22.6 Å². The largest absolute Gasteiger partial charge is 0.497 e. The number of hydrogen-bond donors (Lipinski definition) is 0. The van der Waals surface area contributed by atoms with Crippen molar-refractivity contribution in [1.82, 2.24) is 9.13 Å². The average molecular weight is 465 g/mol. The predicted octanol–water partition coefficient (Wildman–Crippen LogP) is 3.05. The van der Waals surface area contributed by atoms with E-state index in [1.54, 1.807) is 39.5 Å². The fraction of sp³-hybridized carbons (Fsp3) is 0.308. The highest BCUT2D eigenvalue weighted by Gasteiger charge is 2.23. The highest BCUT2D eigenvalue weighted by Crippen LogP contribution is 2.21. The van der Waals surface area contributed by atoms with Gasteiger partial charge in [-0.05, 0) is 48.4 Å². The first kappa shape index (κ1) is 23.5. The van der Waals surface area contributed by atoms with E-state index >= 15 is 0 Å². The third-order valence-corrected chi connectivity index (χ3v) is 5.66. The average Bonchev–Trinajstić information content (AvgIpc) is 3.33. The van der Waals surface area contributed by atoms with Gasteiger partial charge in [0, 0.05) is 11.8 Å². The Bertz CT molecular complexity index is 1260. The Hall–Kier alpha value is -3.62. The summed E-state index contributed by atoms with van der Waals surface area (Å²) in [7, 11) is 3.22. The Labute approximate surface area is 197 Å². The van der Waals surface area contributed by atoms with Crippen LogP contribution >= 0.6 is 0 Å². The van der Waals surface area contributed by atoms with Crippen molar-refractivity contribution >= 4 is 0 Å². The quantitative estimate of drug-likeness (QED) is 0.453. The fourth-order valence-corrected chi connectivity index (χ4v) is 3.75. The molecule has 0 radical (unpaired) electrons. The summed E-state index contributed by atoms with van der Waals surface area (Å²) in [4.78, 5) is 25.9. The molecule has 0 aliphatic carbocycles. The molecular weight excluding hydrogens is 436 g/mol. The molecule has 0 saturated carbocycles. The number of aryl methyl sites for hydroxylation is 1. The van der Waals surface area contributed by atoms with E-state index in [1.165, 1.54) is 9.13 Å². The second kappa shape index (κ2) is 10.5. The molecule has 0 amide bonds. The molecule has 8 nitrogen and oxygen atoms in total. The number of nitrogens with zero attached hydrogens (tertiary/aromatic N) is 2. The van der Waals surface area contributed by atoms with Gasteiger partial charge in [0.15, 0.2) is 6.23 Å². The molecular formula is C26H28N2O6. The highest BCUT2D eigenvalue weighted by atomic mass is 16.5. The van der Waals surface area contributed by atoms with E-state index in [2.05, 4.69) is 0 Å². The molecule has 2 aromatic carbocycles. The summed E-state index contributed by atoms with van der Waals surface area (Å²) in [6.07, 6.45) is 4.33. The van der Waals surface area contributed by atoms with Gasteiger partial charge in [0.25, 0.3) is 5.56 Å². The molecule has 0 bridgehead atoms. The Morgan fingerprint density at radius 1 is 0.882 bits per heavy atom. The van der Waals surface area contributed by atoms with E-state index in [0.29, 0.717) is 24.5 Å². The smallest absolute Gasteiger partial charge is 0.333 e. The first-order chi connectivity index (χ1) is 16.5. The molecule has 4 rings (SSSR count). The van der Waals surface area contributed by atoms with Crippen LogP contribution in [0.5, 0.6) is 11.5 Å². The van der Waals surface area contributed by atoms with Gasteiger partial charge in [-0.2, -0.15) is 0 Å². The van der Waals surface area contributed by atoms with Crippen molar-refractivity contribution in [3.05, 3.63) is 104 Å². The van der Waals surface area contributed by atoms with E-state index < -0.39 is 11.9 Å². The Balaban J connectivity index is 1.42. The Kier molecular flexibility index (Phi) is 7.30. The van der Waals surface area contributed by atoms with Gasteiger partial charge in [-0.3, -0.25) is 13.9 Å². The number of methoxy groups -OCH3 is 2. The molecule has 1 aliphatic heterocycles. The van der Waals surface area contributed by atoms with Crippen LogP contribution in [-0.4, -0.2) is 36.1 Å². The minimum absolute atomic E-state index is 0.161. The summed E-state index contributed by atoms with van der Waals surface area (Å²) in [5, 5.41) is 0. The molecule has 3 aromatic rings. The summed E-state index contributed by atoms with van der Waals surface area (Å²) in [6, 6.07) is 14.9. The Morgan fingerprint density at radius 2 is 1.50 bits per heavy atom. The molecule has 0 unspecified atom stereocenters. The highest BCUT2D eigenvalue weighted by molar-refractivity contribution is 5.28. The van der Waals surface area contributed by atoms with Crippen LogP contribution in [0.2, 0.25) is 0 Å². The minimum Gasteiger partial charge on any atom is -0.497 e. The summed E-state index contributed by atoms with van der Waals surface area (Å²) in [5.74, 6) is 1.50. The molecule has 0 fully saturated rings. The molecule has 2 atom stereocenters. The van der Waals surface area contributed by atoms with Crippen molar-refractivity contribution in [3.63, 3.8) is 0 Å². The number of benzene rings is 2. The third kappa shape index (κ3) is 5.30. The van der Waals surface area contributed by atoms with Crippen molar-refractivity contribution in [1.29, 1.82) is 0 Å². The fourth-order valence-electron chi connectivity index (χ4n) is 3.75. The number of aromatic nitrogens is 2. The SMILES string of the molecule is COc1ccc(COC[C@@H]2C=C[C@H](n3cc(C)c(=O)n(Cc4ccc(OC)cc4)c3=O)O2)cc1. The monoisotopic (exact) mass is 464 g/mol. The van der Waals surface area contributed by atoms with Crippen LogP contribution in [0.3, 0.4) is 0 Å². The second-order valence-electron chi connectivity index (χ2n) is 8.05. The van der Waals surface area contributed by atoms with E-state index in [4.69, 9.17) is 18.9 Å². The van der Waals surface area contributed by atoms with E-state index in [-0.39, 0.29) is 18.2 Å². The lowest BCUT2D eigenvalue weighted by molar-refractivity contribution is -0.0347. The van der Waals surface area contributed by atoms with Crippen molar-refractivity contribution in [3.8, 4) is 11.5 Å². The van der Waals surface area contributed by atoms with Crippen LogP contribution in [0.1, 0.15) is 22.9 Å². The van der Waals surface area contributed by atoms with Gasteiger partial charge < -0.3 is 18.9 Å². The van der Waals surface area contributed by atoms with E-state index in [0.717, 1.165) is 16.9 Å². The number of rotatable bonds is 9. The predicted molar refractivity (Wildman–Crippen MR) is 127 cm³/mol. The van der Waals surface area contributed by atoms with Crippen LogP contribution in [0.15, 0.2) is 76.5 Å². The second-order valence-corrected chi connectivity index (χ2v) is 8.05. The van der Waals surface area contributed by atoms with Crippen molar-refractivity contribution in [2.24, 2.45) is 0 Å². The molecule has 0 N–H and O–H groups in total. The van der Waals surface area contributed by atoms with Crippen molar-refractivity contribution in [2.45, 2.75) is 32.4 Å². The zero-order chi connectivity index (χ0) is 24.1. The maximum atomic E-state index is 13.2. The van der Waals surface area contributed by atoms with Crippen molar-refractivity contribution in [2.75, 3.05) is 20.8 Å². The van der Waals surface area contributed by atoms with Gasteiger partial charge in [0.05, 0.1) is 34.0 Å². The molecule has 0 saturated heterocycles. The standard InChI is InChI=1S/C26H28N2O6/c1-18-14-27(26(30)28(25(18)29)15-19-4-8-21(31-2)9-5-19)24-13-12-23(34-24)17-33-16-20-6-10-22(32-3)11-7-20/h4-14,23-24H,15-17H2,1-3H3/t23-,24+/m0/s1. The number of ether oxygens (including phenoxy) is 4. The van der Waals surface area contributed by atoms with Gasteiger partial charge in [-0.15, -0.1) is 0 Å². The third-order valence-electron chi connectivity index (χ3n) is 5.66. The van der Waals surface area contributed by atoms with E-state index in [1.807, 2.05) is 48.6 Å². The van der Waals surface area contributed by atoms with Gasteiger partial charge in [-0.25, -0.2) is 4.79 Å². The normalized spacial score (nSPS) is 17.1. The lowest BCUT2D eigenvalue weighted by Crippen LogP contribution is -2.42. The summed E-state index contributed by atoms with van der Waals surface area (Å²) >= 11 is 0. The lowest BCUT2D eigenvalue weighted by Gasteiger charge is -2.18. The van der Waals surface area contributed by atoms with E-state index in [9.17, 15) is 9.59 Å².